The second kappa shape index (κ2) is 6.39. The van der Waals surface area contributed by atoms with Crippen LogP contribution in [0.15, 0.2) is 34.6 Å². The molecule has 2 aliphatic rings. The van der Waals surface area contributed by atoms with Crippen LogP contribution in [0, 0.1) is 5.82 Å². The largest absolute Gasteiger partial charge is 0.348 e. The molecule has 1 unspecified atom stereocenters. The third-order valence-electron chi connectivity index (χ3n) is 4.21. The fourth-order valence-electron chi connectivity index (χ4n) is 3.02. The normalized spacial score (nSPS) is 21.0. The summed E-state index contributed by atoms with van der Waals surface area (Å²) in [6.45, 7) is 1.98. The topological polar surface area (TPSA) is 45.7 Å². The molecule has 1 fully saturated rings. The van der Waals surface area contributed by atoms with Gasteiger partial charge in [0.15, 0.2) is 6.23 Å². The summed E-state index contributed by atoms with van der Waals surface area (Å²) in [4.78, 5) is 5.51. The van der Waals surface area contributed by atoms with Gasteiger partial charge in [-0.3, -0.25) is 0 Å². The number of halogens is 1. The number of hydrogen-bond acceptors (Lipinski definition) is 5. The average molecular weight is 331 g/mol. The van der Waals surface area contributed by atoms with Gasteiger partial charge in [0.1, 0.15) is 5.82 Å². The number of nitrogens with one attached hydrogen (secondary N) is 2. The highest BCUT2D eigenvalue weighted by Crippen LogP contribution is 2.43. The highest BCUT2D eigenvalue weighted by atomic mass is 32.1. The van der Waals surface area contributed by atoms with Crippen LogP contribution in [-0.4, -0.2) is 25.5 Å². The molecular formula is C17H18FN3OS. The summed E-state index contributed by atoms with van der Waals surface area (Å²) >= 11 is 1.61. The van der Waals surface area contributed by atoms with Crippen LogP contribution in [0.1, 0.15) is 23.9 Å². The summed E-state index contributed by atoms with van der Waals surface area (Å²) in [6.07, 6.45) is 3.68. The van der Waals surface area contributed by atoms with E-state index in [1.54, 1.807) is 29.8 Å². The third kappa shape index (κ3) is 3.02. The van der Waals surface area contributed by atoms with Gasteiger partial charge in [-0.2, -0.15) is 0 Å². The summed E-state index contributed by atoms with van der Waals surface area (Å²) in [6, 6.07) is 6.66. The van der Waals surface area contributed by atoms with Crippen molar-refractivity contribution in [2.24, 2.45) is 4.99 Å². The lowest BCUT2D eigenvalue weighted by Crippen LogP contribution is -2.33. The zero-order valence-corrected chi connectivity index (χ0v) is 13.4. The summed E-state index contributed by atoms with van der Waals surface area (Å²) in [7, 11) is 0. The monoisotopic (exact) mass is 331 g/mol. The van der Waals surface area contributed by atoms with Crippen molar-refractivity contribution in [3.63, 3.8) is 0 Å². The highest BCUT2D eigenvalue weighted by Gasteiger charge is 2.27. The van der Waals surface area contributed by atoms with E-state index in [4.69, 9.17) is 4.74 Å². The lowest BCUT2D eigenvalue weighted by atomic mass is 10.1. The maximum absolute atomic E-state index is 13.5. The van der Waals surface area contributed by atoms with E-state index in [1.165, 1.54) is 6.07 Å². The van der Waals surface area contributed by atoms with E-state index in [2.05, 4.69) is 15.6 Å². The van der Waals surface area contributed by atoms with E-state index in [0.717, 1.165) is 47.6 Å². The standard InChI is InChI=1S/C17H18FN3OS/c18-12-3-1-2-11(8-12)14-9-23-16-15(14)20-10-21-17(16)22-13-4-6-19-7-5-13/h1-3,8-10,13,17,19H,4-7H2,(H,20,21). The van der Waals surface area contributed by atoms with E-state index in [0.29, 0.717) is 0 Å². The van der Waals surface area contributed by atoms with Crippen LogP contribution in [0.3, 0.4) is 0 Å². The average Bonchev–Trinajstić information content (AvgIpc) is 3.01. The Morgan fingerprint density at radius 3 is 2.96 bits per heavy atom. The SMILES string of the molecule is Fc1cccc(-c2csc3c2NC=NC3OC2CCNCC2)c1. The van der Waals surface area contributed by atoms with Crippen molar-refractivity contribution >= 4 is 23.4 Å². The van der Waals surface area contributed by atoms with Crippen molar-refractivity contribution in [1.82, 2.24) is 5.32 Å². The lowest BCUT2D eigenvalue weighted by Gasteiger charge is -2.27. The van der Waals surface area contributed by atoms with Gasteiger partial charge in [-0.25, -0.2) is 9.38 Å². The molecule has 120 valence electrons. The number of fused-ring (bicyclic) bond motifs is 1. The molecule has 2 N–H and O–H groups in total. The first-order chi connectivity index (χ1) is 11.3. The van der Waals surface area contributed by atoms with E-state index in [-0.39, 0.29) is 18.1 Å². The Hall–Kier alpha value is -1.76. The van der Waals surface area contributed by atoms with Gasteiger partial charge in [0, 0.05) is 10.9 Å². The first-order valence-corrected chi connectivity index (χ1v) is 8.71. The second-order valence-corrected chi connectivity index (χ2v) is 6.67. The predicted octanol–water partition coefficient (Wildman–Crippen LogP) is 3.78. The van der Waals surface area contributed by atoms with E-state index >= 15 is 0 Å². The van der Waals surface area contributed by atoms with Gasteiger partial charge in [-0.1, -0.05) is 12.1 Å². The quantitative estimate of drug-likeness (QED) is 0.900. The van der Waals surface area contributed by atoms with Crippen LogP contribution in [0.2, 0.25) is 0 Å². The maximum atomic E-state index is 13.5. The van der Waals surface area contributed by atoms with Crippen LogP contribution in [0.25, 0.3) is 11.1 Å². The molecule has 1 aromatic carbocycles. The zero-order chi connectivity index (χ0) is 15.6. The van der Waals surface area contributed by atoms with Gasteiger partial charge in [0.05, 0.1) is 23.0 Å². The van der Waals surface area contributed by atoms with E-state index in [9.17, 15) is 4.39 Å². The first-order valence-electron chi connectivity index (χ1n) is 7.83. The number of nitrogens with zero attached hydrogens (tertiary/aromatic N) is 1. The van der Waals surface area contributed by atoms with Gasteiger partial charge in [-0.15, -0.1) is 11.3 Å². The van der Waals surface area contributed by atoms with Gasteiger partial charge in [0.25, 0.3) is 0 Å². The lowest BCUT2D eigenvalue weighted by molar-refractivity contribution is -0.0216. The Labute approximate surface area is 138 Å². The summed E-state index contributed by atoms with van der Waals surface area (Å²) in [5, 5.41) is 8.58. The maximum Gasteiger partial charge on any atom is 0.187 e. The van der Waals surface area contributed by atoms with Gasteiger partial charge >= 0.3 is 0 Å². The molecule has 0 radical (unpaired) electrons. The van der Waals surface area contributed by atoms with Crippen molar-refractivity contribution in [3.8, 4) is 11.1 Å². The fourth-order valence-corrected chi connectivity index (χ4v) is 4.04. The molecule has 0 amide bonds. The second-order valence-electron chi connectivity index (χ2n) is 5.76. The fraction of sp³-hybridized carbons (Fsp3) is 0.353. The number of ether oxygens (including phenoxy) is 1. The van der Waals surface area contributed by atoms with E-state index < -0.39 is 0 Å². The molecule has 0 bridgehead atoms. The molecule has 1 saturated heterocycles. The molecule has 3 heterocycles. The van der Waals surface area contributed by atoms with Crippen molar-refractivity contribution in [3.05, 3.63) is 40.3 Å². The predicted molar refractivity (Wildman–Crippen MR) is 91.5 cm³/mol. The van der Waals surface area contributed by atoms with E-state index in [1.807, 2.05) is 11.4 Å². The Kier molecular flexibility index (Phi) is 4.11. The summed E-state index contributed by atoms with van der Waals surface area (Å²) in [5.41, 5.74) is 2.84. The third-order valence-corrected chi connectivity index (χ3v) is 5.22. The van der Waals surface area contributed by atoms with Gasteiger partial charge < -0.3 is 15.4 Å². The smallest absolute Gasteiger partial charge is 0.187 e. The minimum Gasteiger partial charge on any atom is -0.348 e. The van der Waals surface area contributed by atoms with Crippen LogP contribution in [0.4, 0.5) is 10.1 Å². The molecule has 23 heavy (non-hydrogen) atoms. The van der Waals surface area contributed by atoms with Gasteiger partial charge in [-0.05, 0) is 43.6 Å². The first kappa shape index (κ1) is 14.8. The molecule has 0 aliphatic carbocycles. The zero-order valence-electron chi connectivity index (χ0n) is 12.6. The molecule has 6 heteroatoms. The van der Waals surface area contributed by atoms with Gasteiger partial charge in [0.2, 0.25) is 0 Å². The Balaban J connectivity index is 1.61. The minimum absolute atomic E-state index is 0.227. The molecule has 2 aromatic rings. The van der Waals surface area contributed by atoms with Crippen LogP contribution in [0.5, 0.6) is 0 Å². The van der Waals surface area contributed by atoms with Crippen LogP contribution in [-0.2, 0) is 4.74 Å². The number of thiophene rings is 1. The number of benzene rings is 1. The van der Waals surface area contributed by atoms with Crippen molar-refractivity contribution in [2.45, 2.75) is 25.2 Å². The molecule has 0 spiro atoms. The van der Waals surface area contributed by atoms with Crippen molar-refractivity contribution in [1.29, 1.82) is 0 Å². The van der Waals surface area contributed by atoms with Crippen LogP contribution < -0.4 is 10.6 Å². The molecule has 1 aromatic heterocycles. The Morgan fingerprint density at radius 2 is 2.13 bits per heavy atom. The number of aliphatic imine (C=N–C) groups is 1. The minimum atomic E-state index is -0.262. The van der Waals surface area contributed by atoms with Crippen LogP contribution >= 0.6 is 11.3 Å². The van der Waals surface area contributed by atoms with Crippen molar-refractivity contribution < 1.29 is 9.13 Å². The number of rotatable bonds is 3. The number of piperidine rings is 1. The Morgan fingerprint density at radius 1 is 1.26 bits per heavy atom. The molecule has 0 saturated carbocycles. The highest BCUT2D eigenvalue weighted by molar-refractivity contribution is 7.11. The Bertz CT molecular complexity index is 724. The molecule has 4 nitrogen and oxygen atoms in total. The molecule has 2 aliphatic heterocycles. The number of hydrogen-bond donors (Lipinski definition) is 2. The van der Waals surface area contributed by atoms with Crippen molar-refractivity contribution in [2.75, 3.05) is 18.4 Å². The molecule has 1 atom stereocenters. The summed E-state index contributed by atoms with van der Waals surface area (Å²) < 4.78 is 19.7. The molecular weight excluding hydrogens is 313 g/mol. The summed E-state index contributed by atoms with van der Waals surface area (Å²) in [5.74, 6) is -0.227. The number of anilines is 1. The molecule has 4 rings (SSSR count).